The minimum Gasteiger partial charge on any atom is -0.493 e. The number of alkyl halides is 2. The number of rotatable bonds is 9. The quantitative estimate of drug-likeness (QED) is 0.554. The summed E-state index contributed by atoms with van der Waals surface area (Å²) in [5.41, 5.74) is 0.644. The maximum Gasteiger partial charge on any atom is 0.387 e. The predicted molar refractivity (Wildman–Crippen MR) is 107 cm³/mol. The molecule has 0 N–H and O–H groups in total. The molecule has 1 saturated heterocycles. The molecule has 1 aromatic heterocycles. The molecule has 1 amide bonds. The summed E-state index contributed by atoms with van der Waals surface area (Å²) in [5, 5.41) is 1.98. The Kier molecular flexibility index (Phi) is 7.60. The van der Waals surface area contributed by atoms with Crippen LogP contribution in [-0.2, 0) is 16.1 Å². The number of amides is 1. The highest BCUT2D eigenvalue weighted by molar-refractivity contribution is 7.09. The molecule has 1 aliphatic heterocycles. The number of nitrogens with zero attached hydrogens (tertiary/aromatic N) is 1. The first-order valence-corrected chi connectivity index (χ1v) is 10.2. The van der Waals surface area contributed by atoms with Gasteiger partial charge in [-0.1, -0.05) is 12.1 Å². The Morgan fingerprint density at radius 2 is 2.24 bits per heavy atom. The predicted octanol–water partition coefficient (Wildman–Crippen LogP) is 4.58. The van der Waals surface area contributed by atoms with Crippen LogP contribution in [0.15, 0.2) is 41.8 Å². The van der Waals surface area contributed by atoms with E-state index in [1.165, 1.54) is 19.3 Å². The first-order chi connectivity index (χ1) is 14.0. The summed E-state index contributed by atoms with van der Waals surface area (Å²) < 4.78 is 40.1. The van der Waals surface area contributed by atoms with Gasteiger partial charge in [-0.3, -0.25) is 4.79 Å². The van der Waals surface area contributed by atoms with Gasteiger partial charge in [-0.05, 0) is 48.1 Å². The number of ether oxygens (including phenoxy) is 3. The molecule has 156 valence electrons. The van der Waals surface area contributed by atoms with Crippen molar-refractivity contribution < 1.29 is 27.8 Å². The molecule has 5 nitrogen and oxygen atoms in total. The Morgan fingerprint density at radius 3 is 2.90 bits per heavy atom. The van der Waals surface area contributed by atoms with E-state index in [4.69, 9.17) is 9.47 Å². The Bertz CT molecular complexity index is 820. The van der Waals surface area contributed by atoms with Gasteiger partial charge in [0.25, 0.3) is 0 Å². The van der Waals surface area contributed by atoms with Gasteiger partial charge in [0.05, 0.1) is 19.8 Å². The SMILES string of the molecule is COc1cc(C=CC(=O)N(Cc2cccs2)CC2CCCO2)ccc1OC(F)F. The van der Waals surface area contributed by atoms with Crippen molar-refractivity contribution in [1.82, 2.24) is 4.90 Å². The fraction of sp³-hybridized carbons (Fsp3) is 0.381. The summed E-state index contributed by atoms with van der Waals surface area (Å²) >= 11 is 1.60. The Hall–Kier alpha value is -2.45. The number of carbonyl (C=O) groups is 1. The topological polar surface area (TPSA) is 48.0 Å². The molecule has 8 heteroatoms. The summed E-state index contributed by atoms with van der Waals surface area (Å²) in [6, 6.07) is 8.49. The number of methoxy groups -OCH3 is 1. The first kappa shape index (κ1) is 21.3. The third-order valence-corrected chi connectivity index (χ3v) is 5.37. The molecule has 1 fully saturated rings. The second-order valence-corrected chi connectivity index (χ2v) is 7.59. The zero-order valence-corrected chi connectivity index (χ0v) is 16.9. The van der Waals surface area contributed by atoms with Crippen molar-refractivity contribution in [3.63, 3.8) is 0 Å². The fourth-order valence-electron chi connectivity index (χ4n) is 3.11. The highest BCUT2D eigenvalue weighted by Crippen LogP contribution is 2.30. The van der Waals surface area contributed by atoms with Crippen LogP contribution in [0.3, 0.4) is 0 Å². The second kappa shape index (κ2) is 10.4. The van der Waals surface area contributed by atoms with Gasteiger partial charge in [0, 0.05) is 24.1 Å². The summed E-state index contributed by atoms with van der Waals surface area (Å²) in [5.74, 6) is -0.0147. The molecule has 2 aromatic rings. The van der Waals surface area contributed by atoms with Crippen LogP contribution in [0.1, 0.15) is 23.3 Å². The lowest BCUT2D eigenvalue weighted by atomic mass is 10.1. The molecule has 0 saturated carbocycles. The molecule has 0 aliphatic carbocycles. The van der Waals surface area contributed by atoms with Gasteiger partial charge in [0.1, 0.15) is 0 Å². The number of hydrogen-bond donors (Lipinski definition) is 0. The molecule has 29 heavy (non-hydrogen) atoms. The van der Waals surface area contributed by atoms with Crippen LogP contribution >= 0.6 is 11.3 Å². The molecule has 3 rings (SSSR count). The van der Waals surface area contributed by atoms with E-state index in [2.05, 4.69) is 4.74 Å². The van der Waals surface area contributed by atoms with E-state index in [0.29, 0.717) is 18.7 Å². The van der Waals surface area contributed by atoms with Crippen LogP contribution in [0.25, 0.3) is 6.08 Å². The summed E-state index contributed by atoms with van der Waals surface area (Å²) in [4.78, 5) is 15.7. The van der Waals surface area contributed by atoms with E-state index in [1.807, 2.05) is 17.5 Å². The molecule has 1 unspecified atom stereocenters. The van der Waals surface area contributed by atoms with Gasteiger partial charge in [-0.2, -0.15) is 8.78 Å². The van der Waals surface area contributed by atoms with E-state index in [1.54, 1.807) is 34.4 Å². The third-order valence-electron chi connectivity index (χ3n) is 4.51. The highest BCUT2D eigenvalue weighted by Gasteiger charge is 2.22. The van der Waals surface area contributed by atoms with Crippen molar-refractivity contribution in [2.24, 2.45) is 0 Å². The van der Waals surface area contributed by atoms with Crippen molar-refractivity contribution in [2.45, 2.75) is 32.1 Å². The smallest absolute Gasteiger partial charge is 0.387 e. The zero-order chi connectivity index (χ0) is 20.6. The van der Waals surface area contributed by atoms with Crippen LogP contribution in [0, 0.1) is 0 Å². The monoisotopic (exact) mass is 423 g/mol. The number of thiophene rings is 1. The molecule has 1 aliphatic rings. The van der Waals surface area contributed by atoms with E-state index in [9.17, 15) is 13.6 Å². The molecule has 1 aromatic carbocycles. The lowest BCUT2D eigenvalue weighted by molar-refractivity contribution is -0.128. The average molecular weight is 423 g/mol. The van der Waals surface area contributed by atoms with E-state index >= 15 is 0 Å². The first-order valence-electron chi connectivity index (χ1n) is 9.29. The van der Waals surface area contributed by atoms with E-state index in [-0.39, 0.29) is 23.5 Å². The second-order valence-electron chi connectivity index (χ2n) is 6.56. The largest absolute Gasteiger partial charge is 0.493 e. The fourth-order valence-corrected chi connectivity index (χ4v) is 3.83. The standard InChI is InChI=1S/C21H23F2NO4S/c1-26-19-12-15(6-8-18(19)28-21(22)23)7-9-20(25)24(13-16-4-2-10-27-16)14-17-5-3-11-29-17/h3,5-9,11-12,16,21H,2,4,10,13-14H2,1H3. The maximum atomic E-state index is 12.8. The van der Waals surface area contributed by atoms with Gasteiger partial charge < -0.3 is 19.1 Å². The van der Waals surface area contributed by atoms with E-state index < -0.39 is 6.61 Å². The summed E-state index contributed by atoms with van der Waals surface area (Å²) in [6.07, 6.45) is 5.12. The molecular formula is C21H23F2NO4S. The Morgan fingerprint density at radius 1 is 1.38 bits per heavy atom. The molecule has 1 atom stereocenters. The van der Waals surface area contributed by atoms with Crippen molar-refractivity contribution in [3.8, 4) is 11.5 Å². The lowest BCUT2D eigenvalue weighted by Crippen LogP contribution is -2.35. The van der Waals surface area contributed by atoms with Crippen molar-refractivity contribution in [2.75, 3.05) is 20.3 Å². The van der Waals surface area contributed by atoms with Crippen LogP contribution < -0.4 is 9.47 Å². The Labute approximate surface area is 172 Å². The van der Waals surface area contributed by atoms with Gasteiger partial charge in [0.15, 0.2) is 11.5 Å². The van der Waals surface area contributed by atoms with Gasteiger partial charge in [-0.25, -0.2) is 0 Å². The van der Waals surface area contributed by atoms with Gasteiger partial charge >= 0.3 is 6.61 Å². The number of carbonyl (C=O) groups excluding carboxylic acids is 1. The van der Waals surface area contributed by atoms with Crippen LogP contribution in [0.4, 0.5) is 8.78 Å². The summed E-state index contributed by atoms with van der Waals surface area (Å²) in [6.45, 7) is -1.15. The van der Waals surface area contributed by atoms with Crippen molar-refractivity contribution in [3.05, 3.63) is 52.2 Å². The molecular weight excluding hydrogens is 400 g/mol. The van der Waals surface area contributed by atoms with Crippen LogP contribution in [0.2, 0.25) is 0 Å². The van der Waals surface area contributed by atoms with Crippen LogP contribution in [0.5, 0.6) is 11.5 Å². The number of benzene rings is 1. The minimum atomic E-state index is -2.93. The van der Waals surface area contributed by atoms with Gasteiger partial charge in [-0.15, -0.1) is 11.3 Å². The summed E-state index contributed by atoms with van der Waals surface area (Å²) in [7, 11) is 1.37. The third kappa shape index (κ3) is 6.27. The molecule has 2 heterocycles. The van der Waals surface area contributed by atoms with Crippen molar-refractivity contribution >= 4 is 23.3 Å². The van der Waals surface area contributed by atoms with E-state index in [0.717, 1.165) is 24.3 Å². The molecule has 0 radical (unpaired) electrons. The van der Waals surface area contributed by atoms with Crippen LogP contribution in [-0.4, -0.2) is 43.8 Å². The van der Waals surface area contributed by atoms with Crippen molar-refractivity contribution in [1.29, 1.82) is 0 Å². The maximum absolute atomic E-state index is 12.8. The average Bonchev–Trinajstić information content (AvgIpc) is 3.40. The molecule has 0 bridgehead atoms. The zero-order valence-electron chi connectivity index (χ0n) is 16.1. The number of halogens is 2. The highest BCUT2D eigenvalue weighted by atomic mass is 32.1. The molecule has 0 spiro atoms. The number of hydrogen-bond acceptors (Lipinski definition) is 5. The minimum absolute atomic E-state index is 0.0521. The Balaban J connectivity index is 1.71. The lowest BCUT2D eigenvalue weighted by Gasteiger charge is -2.23. The normalized spacial score (nSPS) is 16.5. The van der Waals surface area contributed by atoms with Gasteiger partial charge in [0.2, 0.25) is 5.91 Å².